The van der Waals surface area contributed by atoms with Crippen LogP contribution in [0.15, 0.2) is 24.3 Å². The lowest BCUT2D eigenvalue weighted by molar-refractivity contribution is 0.576. The molecule has 1 aromatic rings. The number of nitrogens with one attached hydrogen (secondary N) is 2. The van der Waals surface area contributed by atoms with Gasteiger partial charge in [0, 0.05) is 12.6 Å². The molecule has 1 aromatic carbocycles. The van der Waals surface area contributed by atoms with E-state index in [1.807, 2.05) is 24.3 Å². The number of hydrogen-bond donors (Lipinski definition) is 2. The average molecular weight is 296 g/mol. The number of benzene rings is 1. The first-order valence-corrected chi connectivity index (χ1v) is 8.90. The van der Waals surface area contributed by atoms with Gasteiger partial charge < -0.3 is 5.32 Å². The van der Waals surface area contributed by atoms with E-state index in [0.717, 1.165) is 18.4 Å². The second-order valence-corrected chi connectivity index (χ2v) is 7.65. The van der Waals surface area contributed by atoms with Crippen molar-refractivity contribution in [2.45, 2.75) is 50.8 Å². The molecule has 1 saturated carbocycles. The fraction of sp³-hybridized carbons (Fsp3) is 0.600. The van der Waals surface area contributed by atoms with Gasteiger partial charge in [0.25, 0.3) is 0 Å². The minimum Gasteiger partial charge on any atom is -0.313 e. The van der Waals surface area contributed by atoms with E-state index in [4.69, 9.17) is 0 Å². The first-order chi connectivity index (χ1) is 9.53. The van der Waals surface area contributed by atoms with Crippen molar-refractivity contribution in [3.63, 3.8) is 0 Å². The fourth-order valence-electron chi connectivity index (χ4n) is 2.09. The summed E-state index contributed by atoms with van der Waals surface area (Å²) in [5.74, 6) is 0. The number of sulfonamides is 1. The smallest absolute Gasteiger partial charge is 0.236 e. The molecule has 0 spiro atoms. The Bertz CT molecular complexity index is 539. The summed E-state index contributed by atoms with van der Waals surface area (Å²) in [6.45, 7) is 4.35. The molecule has 0 bridgehead atoms. The van der Waals surface area contributed by atoms with Gasteiger partial charge >= 0.3 is 0 Å². The maximum atomic E-state index is 12.3. The molecule has 5 heteroatoms. The van der Waals surface area contributed by atoms with E-state index in [2.05, 4.69) is 17.0 Å². The number of para-hydroxylation sites is 1. The zero-order valence-electron chi connectivity index (χ0n) is 12.2. The van der Waals surface area contributed by atoms with E-state index in [1.54, 1.807) is 6.92 Å². The molecule has 20 heavy (non-hydrogen) atoms. The van der Waals surface area contributed by atoms with E-state index in [0.29, 0.717) is 18.3 Å². The van der Waals surface area contributed by atoms with E-state index in [-0.39, 0.29) is 0 Å². The van der Waals surface area contributed by atoms with Crippen LogP contribution in [0.4, 0.5) is 5.69 Å². The molecule has 1 aliphatic carbocycles. The first kappa shape index (κ1) is 15.3. The van der Waals surface area contributed by atoms with Gasteiger partial charge in [-0.1, -0.05) is 31.5 Å². The van der Waals surface area contributed by atoms with Gasteiger partial charge in [0.15, 0.2) is 0 Å². The molecular weight excluding hydrogens is 272 g/mol. The van der Waals surface area contributed by atoms with Gasteiger partial charge in [-0.15, -0.1) is 0 Å². The van der Waals surface area contributed by atoms with E-state index in [9.17, 15) is 8.42 Å². The van der Waals surface area contributed by atoms with Crippen LogP contribution in [0, 0.1) is 0 Å². The monoisotopic (exact) mass is 296 g/mol. The molecule has 1 fully saturated rings. The lowest BCUT2D eigenvalue weighted by Crippen LogP contribution is -2.35. The Morgan fingerprint density at radius 1 is 1.30 bits per heavy atom. The Morgan fingerprint density at radius 2 is 2.00 bits per heavy atom. The van der Waals surface area contributed by atoms with E-state index < -0.39 is 15.3 Å². The summed E-state index contributed by atoms with van der Waals surface area (Å²) in [5, 5.41) is 2.84. The van der Waals surface area contributed by atoms with Gasteiger partial charge in [-0.25, -0.2) is 8.42 Å². The van der Waals surface area contributed by atoms with Gasteiger partial charge in [-0.3, -0.25) is 4.72 Å². The van der Waals surface area contributed by atoms with E-state index in [1.165, 1.54) is 12.8 Å². The summed E-state index contributed by atoms with van der Waals surface area (Å²) in [6, 6.07) is 8.16. The summed E-state index contributed by atoms with van der Waals surface area (Å²) in [5.41, 5.74) is 1.77. The molecule has 0 aromatic heterocycles. The zero-order valence-corrected chi connectivity index (χ0v) is 13.0. The third kappa shape index (κ3) is 4.21. The molecule has 2 rings (SSSR count). The average Bonchev–Trinajstić information content (AvgIpc) is 3.22. The fourth-order valence-corrected chi connectivity index (χ4v) is 3.11. The molecule has 0 amide bonds. The molecular formula is C15H24N2O2S. The summed E-state index contributed by atoms with van der Waals surface area (Å²) >= 11 is 0. The van der Waals surface area contributed by atoms with Gasteiger partial charge in [0.1, 0.15) is 0 Å². The van der Waals surface area contributed by atoms with Gasteiger partial charge in [-0.2, -0.15) is 0 Å². The summed E-state index contributed by atoms with van der Waals surface area (Å²) in [6.07, 6.45) is 4.21. The number of rotatable bonds is 8. The van der Waals surface area contributed by atoms with Crippen molar-refractivity contribution in [2.24, 2.45) is 0 Å². The lowest BCUT2D eigenvalue weighted by atomic mass is 10.1. The molecule has 1 atom stereocenters. The van der Waals surface area contributed by atoms with Crippen LogP contribution in [-0.4, -0.2) is 26.3 Å². The molecule has 0 radical (unpaired) electrons. The largest absolute Gasteiger partial charge is 0.313 e. The molecule has 0 aliphatic heterocycles. The highest BCUT2D eigenvalue weighted by Crippen LogP contribution is 2.21. The second-order valence-electron chi connectivity index (χ2n) is 5.55. The second kappa shape index (κ2) is 6.59. The SMILES string of the molecule is CCCc1ccccc1NS(=O)(=O)C(C)CNC1CC1. The number of aryl methyl sites for hydroxylation is 1. The normalized spacial score (nSPS) is 16.9. The van der Waals surface area contributed by atoms with Crippen LogP contribution in [0.5, 0.6) is 0 Å². The predicted molar refractivity (Wildman–Crippen MR) is 83.5 cm³/mol. The summed E-state index contributed by atoms with van der Waals surface area (Å²) in [7, 11) is -3.33. The van der Waals surface area contributed by atoms with Crippen LogP contribution >= 0.6 is 0 Å². The Kier molecular flexibility index (Phi) is 5.05. The highest BCUT2D eigenvalue weighted by molar-refractivity contribution is 7.93. The van der Waals surface area contributed by atoms with Crippen LogP contribution in [0.2, 0.25) is 0 Å². The van der Waals surface area contributed by atoms with Crippen LogP contribution in [0.25, 0.3) is 0 Å². The van der Waals surface area contributed by atoms with Crippen molar-refractivity contribution in [2.75, 3.05) is 11.3 Å². The Morgan fingerprint density at radius 3 is 2.65 bits per heavy atom. The van der Waals surface area contributed by atoms with Crippen molar-refractivity contribution < 1.29 is 8.42 Å². The highest BCUT2D eigenvalue weighted by atomic mass is 32.2. The minimum absolute atomic E-state index is 0.433. The van der Waals surface area contributed by atoms with Crippen molar-refractivity contribution in [1.29, 1.82) is 0 Å². The van der Waals surface area contributed by atoms with Crippen molar-refractivity contribution >= 4 is 15.7 Å². The third-order valence-electron chi connectivity index (χ3n) is 3.59. The standard InChI is InChI=1S/C15H24N2O2S/c1-3-6-13-7-4-5-8-15(13)17-20(18,19)12(2)11-16-14-9-10-14/h4-5,7-8,12,14,16-17H,3,6,9-11H2,1-2H3. The summed E-state index contributed by atoms with van der Waals surface area (Å²) < 4.78 is 27.4. The zero-order chi connectivity index (χ0) is 14.6. The molecule has 2 N–H and O–H groups in total. The van der Waals surface area contributed by atoms with Crippen LogP contribution < -0.4 is 10.0 Å². The lowest BCUT2D eigenvalue weighted by Gasteiger charge is -2.17. The van der Waals surface area contributed by atoms with Crippen molar-refractivity contribution in [3.8, 4) is 0 Å². The quantitative estimate of drug-likeness (QED) is 0.775. The van der Waals surface area contributed by atoms with Crippen LogP contribution in [-0.2, 0) is 16.4 Å². The van der Waals surface area contributed by atoms with Gasteiger partial charge in [-0.05, 0) is 37.8 Å². The molecule has 112 valence electrons. The Hall–Kier alpha value is -1.07. The Balaban J connectivity index is 2.02. The molecule has 0 saturated heterocycles. The predicted octanol–water partition coefficient (Wildman–Crippen LogP) is 2.52. The highest BCUT2D eigenvalue weighted by Gasteiger charge is 2.26. The van der Waals surface area contributed by atoms with Gasteiger partial charge in [0.2, 0.25) is 10.0 Å². The Labute approximate surface area is 122 Å². The minimum atomic E-state index is -3.33. The summed E-state index contributed by atoms with van der Waals surface area (Å²) in [4.78, 5) is 0. The van der Waals surface area contributed by atoms with Crippen LogP contribution in [0.1, 0.15) is 38.7 Å². The van der Waals surface area contributed by atoms with Gasteiger partial charge in [0.05, 0.1) is 10.9 Å². The number of anilines is 1. The molecule has 0 heterocycles. The van der Waals surface area contributed by atoms with Crippen molar-refractivity contribution in [1.82, 2.24) is 5.32 Å². The third-order valence-corrected chi connectivity index (χ3v) is 5.32. The maximum Gasteiger partial charge on any atom is 0.236 e. The van der Waals surface area contributed by atoms with E-state index >= 15 is 0 Å². The molecule has 4 nitrogen and oxygen atoms in total. The number of hydrogen-bond acceptors (Lipinski definition) is 3. The van der Waals surface area contributed by atoms with Crippen LogP contribution in [0.3, 0.4) is 0 Å². The maximum absolute atomic E-state index is 12.3. The molecule has 1 unspecified atom stereocenters. The topological polar surface area (TPSA) is 58.2 Å². The first-order valence-electron chi connectivity index (χ1n) is 7.36. The van der Waals surface area contributed by atoms with Crippen molar-refractivity contribution in [3.05, 3.63) is 29.8 Å². The molecule has 1 aliphatic rings.